The third-order valence-corrected chi connectivity index (χ3v) is 6.13. The predicted molar refractivity (Wildman–Crippen MR) is 115 cm³/mol. The Bertz CT molecular complexity index is 879. The van der Waals surface area contributed by atoms with Crippen LogP contribution in [0.25, 0.3) is 0 Å². The van der Waals surface area contributed by atoms with Gasteiger partial charge in [-0.15, -0.1) is 0 Å². The van der Waals surface area contributed by atoms with E-state index >= 15 is 0 Å². The number of fused-ring (bicyclic) bond motifs is 2. The molecule has 2 aromatic rings. The fourth-order valence-electron chi connectivity index (χ4n) is 4.71. The molecule has 2 heterocycles. The molecular weight excluding hydrogens is 362 g/mol. The largest absolute Gasteiger partial charge is 0.349 e. The molecule has 0 unspecified atom stereocenters. The Labute approximate surface area is 172 Å². The predicted octanol–water partition coefficient (Wildman–Crippen LogP) is 4.65. The lowest BCUT2D eigenvalue weighted by Crippen LogP contribution is -2.59. The zero-order valence-corrected chi connectivity index (χ0v) is 17.2. The summed E-state index contributed by atoms with van der Waals surface area (Å²) >= 11 is 0. The maximum Gasteiger partial charge on any atom is 0.322 e. The fourth-order valence-corrected chi connectivity index (χ4v) is 4.71. The van der Waals surface area contributed by atoms with Crippen LogP contribution in [0.2, 0.25) is 0 Å². The standard InChI is InChI=1S/C24H29N3O2/c1-16-9-11-19(12-10-16)26-24(29)27-21-7-4-8-22(27)15-20(14-21)25-23(28)18-6-3-5-17(2)13-18/h3,5-6,9-13,20-22H,4,7-8,14-15H2,1-2H3,(H,25,28)(H,26,29)/t21-,22-/m1/s1. The summed E-state index contributed by atoms with van der Waals surface area (Å²) in [6.07, 6.45) is 4.76. The molecule has 2 N–H and O–H groups in total. The van der Waals surface area contributed by atoms with E-state index in [1.54, 1.807) is 0 Å². The number of hydrogen-bond donors (Lipinski definition) is 2. The normalized spacial score (nSPS) is 23.4. The number of piperidine rings is 2. The Morgan fingerprint density at radius 3 is 2.28 bits per heavy atom. The molecule has 0 aliphatic carbocycles. The van der Waals surface area contributed by atoms with Gasteiger partial charge in [0.1, 0.15) is 0 Å². The number of aryl methyl sites for hydroxylation is 2. The summed E-state index contributed by atoms with van der Waals surface area (Å²) in [6.45, 7) is 4.03. The minimum atomic E-state index is -0.0213. The zero-order valence-electron chi connectivity index (χ0n) is 17.2. The number of benzene rings is 2. The number of urea groups is 1. The highest BCUT2D eigenvalue weighted by atomic mass is 16.2. The molecule has 0 spiro atoms. The quantitative estimate of drug-likeness (QED) is 0.800. The summed E-state index contributed by atoms with van der Waals surface area (Å²) in [7, 11) is 0. The summed E-state index contributed by atoms with van der Waals surface area (Å²) in [5.74, 6) is -0.0191. The molecule has 2 aromatic carbocycles. The lowest BCUT2D eigenvalue weighted by molar-refractivity contribution is 0.0577. The summed E-state index contributed by atoms with van der Waals surface area (Å²) < 4.78 is 0. The average molecular weight is 392 g/mol. The van der Waals surface area contributed by atoms with Crippen LogP contribution in [0.1, 0.15) is 53.6 Å². The van der Waals surface area contributed by atoms with Crippen LogP contribution in [-0.2, 0) is 0 Å². The van der Waals surface area contributed by atoms with Gasteiger partial charge in [-0.1, -0.05) is 35.4 Å². The van der Waals surface area contributed by atoms with Crippen molar-refractivity contribution in [2.45, 2.75) is 64.1 Å². The molecule has 4 rings (SSSR count). The minimum Gasteiger partial charge on any atom is -0.349 e. The van der Waals surface area contributed by atoms with E-state index in [4.69, 9.17) is 0 Å². The monoisotopic (exact) mass is 391 g/mol. The topological polar surface area (TPSA) is 61.4 Å². The van der Waals surface area contributed by atoms with E-state index < -0.39 is 0 Å². The minimum absolute atomic E-state index is 0.0191. The second-order valence-electron chi connectivity index (χ2n) is 8.45. The molecule has 2 aliphatic heterocycles. The van der Waals surface area contributed by atoms with E-state index in [2.05, 4.69) is 10.6 Å². The number of anilines is 1. The number of nitrogens with zero attached hydrogens (tertiary/aromatic N) is 1. The van der Waals surface area contributed by atoms with Crippen LogP contribution in [0, 0.1) is 13.8 Å². The van der Waals surface area contributed by atoms with Crippen LogP contribution in [0.3, 0.4) is 0 Å². The Balaban J connectivity index is 1.41. The maximum atomic E-state index is 13.0. The van der Waals surface area contributed by atoms with Gasteiger partial charge in [-0.05, 0) is 70.2 Å². The van der Waals surface area contributed by atoms with E-state index in [9.17, 15) is 9.59 Å². The van der Waals surface area contributed by atoms with Crippen LogP contribution in [0.15, 0.2) is 48.5 Å². The van der Waals surface area contributed by atoms with Gasteiger partial charge in [-0.25, -0.2) is 4.79 Å². The van der Waals surface area contributed by atoms with E-state index in [-0.39, 0.29) is 30.1 Å². The highest BCUT2D eigenvalue weighted by Gasteiger charge is 2.41. The van der Waals surface area contributed by atoms with Crippen molar-refractivity contribution in [2.75, 3.05) is 5.32 Å². The maximum absolute atomic E-state index is 13.0. The number of nitrogens with one attached hydrogen (secondary N) is 2. The van der Waals surface area contributed by atoms with Gasteiger partial charge >= 0.3 is 6.03 Å². The first-order chi connectivity index (χ1) is 14.0. The van der Waals surface area contributed by atoms with Crippen LogP contribution >= 0.6 is 0 Å². The molecule has 5 nitrogen and oxygen atoms in total. The lowest BCUT2D eigenvalue weighted by Gasteiger charge is -2.48. The van der Waals surface area contributed by atoms with Gasteiger partial charge in [-0.2, -0.15) is 0 Å². The fraction of sp³-hybridized carbons (Fsp3) is 0.417. The van der Waals surface area contributed by atoms with Crippen molar-refractivity contribution in [1.82, 2.24) is 10.2 Å². The number of carbonyl (C=O) groups is 2. The molecular formula is C24H29N3O2. The molecule has 5 heteroatoms. The van der Waals surface area contributed by atoms with E-state index in [0.29, 0.717) is 5.56 Å². The zero-order chi connectivity index (χ0) is 20.4. The molecule has 2 saturated heterocycles. The molecule has 0 saturated carbocycles. The first kappa shape index (κ1) is 19.5. The van der Waals surface area contributed by atoms with Gasteiger partial charge in [-0.3, -0.25) is 4.79 Å². The summed E-state index contributed by atoms with van der Waals surface area (Å²) in [5.41, 5.74) is 3.78. The van der Waals surface area contributed by atoms with Crippen LogP contribution in [0.5, 0.6) is 0 Å². The Morgan fingerprint density at radius 2 is 1.62 bits per heavy atom. The first-order valence-corrected chi connectivity index (χ1v) is 10.5. The van der Waals surface area contributed by atoms with Crippen molar-refractivity contribution in [2.24, 2.45) is 0 Å². The van der Waals surface area contributed by atoms with Gasteiger partial charge in [0.05, 0.1) is 0 Å². The molecule has 3 amide bonds. The lowest BCUT2D eigenvalue weighted by atomic mass is 9.82. The second kappa shape index (κ2) is 8.27. The highest BCUT2D eigenvalue weighted by Crippen LogP contribution is 2.34. The molecule has 152 valence electrons. The molecule has 2 aliphatic rings. The molecule has 29 heavy (non-hydrogen) atoms. The number of amides is 3. The van der Waals surface area contributed by atoms with Crippen molar-refractivity contribution in [3.05, 3.63) is 65.2 Å². The highest BCUT2D eigenvalue weighted by molar-refractivity contribution is 5.94. The first-order valence-electron chi connectivity index (χ1n) is 10.5. The Hall–Kier alpha value is -2.82. The van der Waals surface area contributed by atoms with Gasteiger partial charge in [0, 0.05) is 29.4 Å². The van der Waals surface area contributed by atoms with Gasteiger partial charge in [0.2, 0.25) is 0 Å². The van der Waals surface area contributed by atoms with Crippen molar-refractivity contribution in [3.63, 3.8) is 0 Å². The van der Waals surface area contributed by atoms with Crippen molar-refractivity contribution in [3.8, 4) is 0 Å². The molecule has 0 radical (unpaired) electrons. The third kappa shape index (κ3) is 4.44. The smallest absolute Gasteiger partial charge is 0.322 e. The number of hydrogen-bond acceptors (Lipinski definition) is 2. The van der Waals surface area contributed by atoms with Crippen LogP contribution in [-0.4, -0.2) is 35.0 Å². The molecule has 2 fully saturated rings. The van der Waals surface area contributed by atoms with E-state index in [1.165, 1.54) is 5.56 Å². The van der Waals surface area contributed by atoms with Gasteiger partial charge in [0.25, 0.3) is 5.91 Å². The summed E-state index contributed by atoms with van der Waals surface area (Å²) in [6, 6.07) is 16.0. The van der Waals surface area contributed by atoms with Crippen molar-refractivity contribution < 1.29 is 9.59 Å². The van der Waals surface area contributed by atoms with E-state index in [1.807, 2.05) is 67.3 Å². The Morgan fingerprint density at radius 1 is 0.931 bits per heavy atom. The van der Waals surface area contributed by atoms with Gasteiger partial charge in [0.15, 0.2) is 0 Å². The SMILES string of the molecule is Cc1ccc(NC(=O)N2[C@@H]3CCC[C@@H]2CC(NC(=O)c2cccc(C)c2)C3)cc1. The van der Waals surface area contributed by atoms with Crippen molar-refractivity contribution in [1.29, 1.82) is 0 Å². The third-order valence-electron chi connectivity index (χ3n) is 6.13. The second-order valence-corrected chi connectivity index (χ2v) is 8.45. The van der Waals surface area contributed by atoms with Crippen LogP contribution < -0.4 is 10.6 Å². The Kier molecular flexibility index (Phi) is 5.56. The van der Waals surface area contributed by atoms with Gasteiger partial charge < -0.3 is 15.5 Å². The molecule has 0 aromatic heterocycles. The number of carbonyl (C=O) groups excluding carboxylic acids is 2. The van der Waals surface area contributed by atoms with Crippen LogP contribution in [0.4, 0.5) is 10.5 Å². The molecule has 2 atom stereocenters. The summed E-state index contributed by atoms with van der Waals surface area (Å²) in [5, 5.41) is 6.26. The summed E-state index contributed by atoms with van der Waals surface area (Å²) in [4.78, 5) is 27.7. The average Bonchev–Trinajstić information content (AvgIpc) is 2.69. The molecule has 2 bridgehead atoms. The van der Waals surface area contributed by atoms with E-state index in [0.717, 1.165) is 43.4 Å². The number of rotatable bonds is 3. The van der Waals surface area contributed by atoms with Crippen molar-refractivity contribution >= 4 is 17.6 Å².